The number of nitrogens with two attached hydrogens (primary N) is 1. The van der Waals surface area contributed by atoms with Crippen LogP contribution < -0.4 is 5.73 Å². The van der Waals surface area contributed by atoms with Gasteiger partial charge in [-0.05, 0) is 25.5 Å². The zero-order chi connectivity index (χ0) is 11.3. The van der Waals surface area contributed by atoms with Gasteiger partial charge in [0, 0.05) is 10.9 Å². The molecule has 1 aromatic heterocycles. The van der Waals surface area contributed by atoms with Crippen molar-refractivity contribution in [1.29, 1.82) is 0 Å². The van der Waals surface area contributed by atoms with Gasteiger partial charge < -0.3 is 10.5 Å². The summed E-state index contributed by atoms with van der Waals surface area (Å²) in [4.78, 5) is 13.2. The summed E-state index contributed by atoms with van der Waals surface area (Å²) in [7, 11) is 0. The normalized spacial score (nSPS) is 11.7. The fourth-order valence-electron chi connectivity index (χ4n) is 1.09. The van der Waals surface area contributed by atoms with Crippen molar-refractivity contribution in [3.8, 4) is 0 Å². The molecular weight excluding hydrogens is 246 g/mol. The highest BCUT2D eigenvalue weighted by molar-refractivity contribution is 7.14. The number of esters is 1. The lowest BCUT2D eigenvalue weighted by Gasteiger charge is -2.01. The van der Waals surface area contributed by atoms with Crippen LogP contribution in [0, 0.1) is 0 Å². The van der Waals surface area contributed by atoms with E-state index in [4.69, 9.17) is 10.5 Å². The Kier molecular flexibility index (Phi) is 7.38. The molecule has 3 nitrogen and oxygen atoms in total. The standard InChI is InChI=1S/C11H17NO2S.ClH/c1-3-4-7-14-11(13)10-6-5-9(15-10)8(2)12;/h5-6,8H,3-4,7,12H2,1-2H3;1H. The summed E-state index contributed by atoms with van der Waals surface area (Å²) in [6.07, 6.45) is 1.94. The molecule has 1 rings (SSSR count). The first-order chi connectivity index (χ1) is 7.15. The summed E-state index contributed by atoms with van der Waals surface area (Å²) in [5, 5.41) is 0. The predicted octanol–water partition coefficient (Wildman–Crippen LogP) is 3.15. The summed E-state index contributed by atoms with van der Waals surface area (Å²) in [6.45, 7) is 4.46. The molecule has 0 saturated carbocycles. The van der Waals surface area contributed by atoms with Gasteiger partial charge >= 0.3 is 5.97 Å². The Morgan fingerprint density at radius 3 is 2.75 bits per heavy atom. The molecule has 1 aromatic rings. The van der Waals surface area contributed by atoms with Crippen molar-refractivity contribution in [3.63, 3.8) is 0 Å². The van der Waals surface area contributed by atoms with Crippen LogP contribution in [0.5, 0.6) is 0 Å². The zero-order valence-corrected chi connectivity index (χ0v) is 11.2. The summed E-state index contributed by atoms with van der Waals surface area (Å²) >= 11 is 1.41. The third kappa shape index (κ3) is 4.51. The number of hydrogen-bond acceptors (Lipinski definition) is 4. The topological polar surface area (TPSA) is 52.3 Å². The van der Waals surface area contributed by atoms with E-state index in [1.165, 1.54) is 11.3 Å². The molecule has 0 radical (unpaired) electrons. The van der Waals surface area contributed by atoms with Crippen LogP contribution in [0.3, 0.4) is 0 Å². The maximum atomic E-state index is 11.5. The number of ether oxygens (including phenoxy) is 1. The maximum absolute atomic E-state index is 11.5. The predicted molar refractivity (Wildman–Crippen MR) is 69.4 cm³/mol. The molecule has 16 heavy (non-hydrogen) atoms. The number of carbonyl (C=O) groups is 1. The average molecular weight is 264 g/mol. The van der Waals surface area contributed by atoms with Gasteiger partial charge in [0.2, 0.25) is 0 Å². The molecule has 1 atom stereocenters. The molecule has 0 aliphatic rings. The number of hydrogen-bond donors (Lipinski definition) is 1. The van der Waals surface area contributed by atoms with Gasteiger partial charge in [0.25, 0.3) is 0 Å². The highest BCUT2D eigenvalue weighted by Crippen LogP contribution is 2.22. The molecule has 0 aliphatic carbocycles. The van der Waals surface area contributed by atoms with E-state index >= 15 is 0 Å². The van der Waals surface area contributed by atoms with Crippen molar-refractivity contribution in [1.82, 2.24) is 0 Å². The third-order valence-corrected chi connectivity index (χ3v) is 3.27. The summed E-state index contributed by atoms with van der Waals surface area (Å²) in [6, 6.07) is 3.64. The van der Waals surface area contributed by atoms with Crippen molar-refractivity contribution in [2.24, 2.45) is 5.73 Å². The van der Waals surface area contributed by atoms with Crippen LogP contribution in [-0.2, 0) is 4.74 Å². The lowest BCUT2D eigenvalue weighted by molar-refractivity contribution is 0.0505. The van der Waals surface area contributed by atoms with Crippen molar-refractivity contribution < 1.29 is 9.53 Å². The van der Waals surface area contributed by atoms with Crippen LogP contribution in [0.25, 0.3) is 0 Å². The lowest BCUT2D eigenvalue weighted by Crippen LogP contribution is -2.04. The van der Waals surface area contributed by atoms with Crippen molar-refractivity contribution in [3.05, 3.63) is 21.9 Å². The Bertz CT molecular complexity index is 326. The molecule has 92 valence electrons. The SMILES string of the molecule is CCCCOC(=O)c1ccc(C(C)N)s1.Cl. The average Bonchev–Trinajstić information content (AvgIpc) is 2.66. The van der Waals surface area contributed by atoms with E-state index in [1.807, 2.05) is 13.0 Å². The van der Waals surface area contributed by atoms with Gasteiger partial charge in [-0.25, -0.2) is 4.79 Å². The molecule has 0 saturated heterocycles. The fraction of sp³-hybridized carbons (Fsp3) is 0.545. The first-order valence-corrected chi connectivity index (χ1v) is 5.99. The monoisotopic (exact) mass is 263 g/mol. The van der Waals surface area contributed by atoms with E-state index in [-0.39, 0.29) is 24.4 Å². The highest BCUT2D eigenvalue weighted by atomic mass is 35.5. The van der Waals surface area contributed by atoms with Gasteiger partial charge in [-0.1, -0.05) is 13.3 Å². The Hall–Kier alpha value is -0.580. The van der Waals surface area contributed by atoms with E-state index < -0.39 is 0 Å². The molecular formula is C11H18ClNO2S. The number of carbonyl (C=O) groups excluding carboxylic acids is 1. The number of thiophene rings is 1. The van der Waals surface area contributed by atoms with E-state index in [9.17, 15) is 4.79 Å². The van der Waals surface area contributed by atoms with Crippen LogP contribution in [0.2, 0.25) is 0 Å². The minimum absolute atomic E-state index is 0. The van der Waals surface area contributed by atoms with Gasteiger partial charge in [0.1, 0.15) is 4.88 Å². The second-order valence-electron chi connectivity index (χ2n) is 3.48. The lowest BCUT2D eigenvalue weighted by atomic mass is 10.3. The largest absolute Gasteiger partial charge is 0.462 e. The number of rotatable bonds is 5. The van der Waals surface area contributed by atoms with Crippen LogP contribution in [-0.4, -0.2) is 12.6 Å². The second-order valence-corrected chi connectivity index (χ2v) is 4.60. The van der Waals surface area contributed by atoms with Crippen LogP contribution in [0.1, 0.15) is 47.3 Å². The van der Waals surface area contributed by atoms with Crippen molar-refractivity contribution in [2.75, 3.05) is 6.61 Å². The van der Waals surface area contributed by atoms with Crippen molar-refractivity contribution in [2.45, 2.75) is 32.7 Å². The minimum atomic E-state index is -0.236. The Balaban J connectivity index is 0.00000225. The Morgan fingerprint density at radius 1 is 1.56 bits per heavy atom. The van der Waals surface area contributed by atoms with Gasteiger partial charge in [-0.15, -0.1) is 23.7 Å². The van der Waals surface area contributed by atoms with Crippen LogP contribution >= 0.6 is 23.7 Å². The van der Waals surface area contributed by atoms with Gasteiger partial charge in [-0.2, -0.15) is 0 Å². The van der Waals surface area contributed by atoms with Crippen LogP contribution in [0.15, 0.2) is 12.1 Å². The molecule has 1 heterocycles. The van der Waals surface area contributed by atoms with E-state index in [0.717, 1.165) is 17.7 Å². The maximum Gasteiger partial charge on any atom is 0.348 e. The minimum Gasteiger partial charge on any atom is -0.462 e. The van der Waals surface area contributed by atoms with Crippen molar-refractivity contribution >= 4 is 29.7 Å². The highest BCUT2D eigenvalue weighted by Gasteiger charge is 2.11. The van der Waals surface area contributed by atoms with Gasteiger partial charge in [0.05, 0.1) is 6.61 Å². The molecule has 0 spiro atoms. The number of halogens is 1. The van der Waals surface area contributed by atoms with E-state index in [1.54, 1.807) is 6.07 Å². The van der Waals surface area contributed by atoms with E-state index in [2.05, 4.69) is 6.92 Å². The van der Waals surface area contributed by atoms with Gasteiger partial charge in [-0.3, -0.25) is 0 Å². The fourth-order valence-corrected chi connectivity index (χ4v) is 1.94. The van der Waals surface area contributed by atoms with E-state index in [0.29, 0.717) is 11.5 Å². The third-order valence-electron chi connectivity index (χ3n) is 2.01. The quantitative estimate of drug-likeness (QED) is 0.656. The molecule has 1 unspecified atom stereocenters. The van der Waals surface area contributed by atoms with Gasteiger partial charge in [0.15, 0.2) is 0 Å². The molecule has 0 aliphatic heterocycles. The first-order valence-electron chi connectivity index (χ1n) is 5.17. The summed E-state index contributed by atoms with van der Waals surface area (Å²) < 4.78 is 5.09. The molecule has 0 amide bonds. The smallest absolute Gasteiger partial charge is 0.348 e. The molecule has 0 aromatic carbocycles. The Morgan fingerprint density at radius 2 is 2.25 bits per heavy atom. The summed E-state index contributed by atoms with van der Waals surface area (Å²) in [5.74, 6) is -0.236. The molecule has 0 fully saturated rings. The first kappa shape index (κ1) is 15.4. The Labute approximate surface area is 106 Å². The second kappa shape index (κ2) is 7.65. The van der Waals surface area contributed by atoms with Crippen LogP contribution in [0.4, 0.5) is 0 Å². The number of unbranched alkanes of at least 4 members (excludes halogenated alkanes) is 1. The zero-order valence-electron chi connectivity index (χ0n) is 9.56. The molecule has 5 heteroatoms. The molecule has 2 N–H and O–H groups in total. The summed E-state index contributed by atoms with van der Waals surface area (Å²) in [5.41, 5.74) is 5.71. The molecule has 0 bridgehead atoms.